The maximum atomic E-state index is 12.0. The first-order valence-electron chi connectivity index (χ1n) is 5.49. The molecule has 2 aromatic rings. The van der Waals surface area contributed by atoms with E-state index in [1.54, 1.807) is 13.8 Å². The smallest absolute Gasteiger partial charge is 0.258 e. The van der Waals surface area contributed by atoms with Gasteiger partial charge in [-0.2, -0.15) is 5.10 Å². The minimum absolute atomic E-state index is 0.0685. The van der Waals surface area contributed by atoms with Gasteiger partial charge in [-0.25, -0.2) is 18.1 Å². The van der Waals surface area contributed by atoms with Crippen LogP contribution in [0.3, 0.4) is 0 Å². The average Bonchev–Trinajstić information content (AvgIpc) is 2.95. The first-order valence-corrected chi connectivity index (χ1v) is 6.98. The first kappa shape index (κ1) is 13.7. The summed E-state index contributed by atoms with van der Waals surface area (Å²) in [4.78, 5) is 4.07. The molecule has 19 heavy (non-hydrogen) atoms. The number of hydrogen-bond donors (Lipinski definition) is 3. The monoisotopic (exact) mass is 286 g/mol. The van der Waals surface area contributed by atoms with E-state index in [1.807, 2.05) is 0 Å². The molecule has 104 valence electrons. The normalized spacial score (nSPS) is 11.9. The van der Waals surface area contributed by atoms with Gasteiger partial charge >= 0.3 is 0 Å². The third kappa shape index (κ3) is 2.83. The Kier molecular flexibility index (Phi) is 3.69. The molecule has 0 aromatic carbocycles. The summed E-state index contributed by atoms with van der Waals surface area (Å²) < 4.78 is 31.5. The highest BCUT2D eigenvalue weighted by Crippen LogP contribution is 2.13. The van der Waals surface area contributed by atoms with Crippen LogP contribution < -0.4 is 4.72 Å². The molecule has 8 nitrogen and oxygen atoms in total. The molecule has 0 fully saturated rings. The van der Waals surface area contributed by atoms with Crippen molar-refractivity contribution in [1.29, 1.82) is 0 Å². The predicted molar refractivity (Wildman–Crippen MR) is 64.5 cm³/mol. The molecular formula is C10H14N4O4S. The van der Waals surface area contributed by atoms with Gasteiger partial charge in [0.1, 0.15) is 5.76 Å². The summed E-state index contributed by atoms with van der Waals surface area (Å²) in [6.07, 6.45) is 1.26. The molecule has 0 aliphatic rings. The predicted octanol–water partition coefficient (Wildman–Crippen LogP) is -0.0147. The molecular weight excluding hydrogens is 272 g/mol. The van der Waals surface area contributed by atoms with E-state index in [-0.39, 0.29) is 23.0 Å². The van der Waals surface area contributed by atoms with Gasteiger partial charge in [0.05, 0.1) is 25.0 Å². The van der Waals surface area contributed by atoms with Gasteiger partial charge in [-0.15, -0.1) is 0 Å². The largest absolute Gasteiger partial charge is 0.444 e. The molecule has 0 atom stereocenters. The highest BCUT2D eigenvalue weighted by molar-refractivity contribution is 7.89. The summed E-state index contributed by atoms with van der Waals surface area (Å²) in [6.45, 7) is 3.04. The molecule has 0 amide bonds. The van der Waals surface area contributed by atoms with Crippen LogP contribution in [0.5, 0.6) is 0 Å². The van der Waals surface area contributed by atoms with E-state index >= 15 is 0 Å². The number of H-pyrrole nitrogens is 1. The summed E-state index contributed by atoms with van der Waals surface area (Å²) in [6, 6.07) is 0. The topological polar surface area (TPSA) is 121 Å². The van der Waals surface area contributed by atoms with Crippen LogP contribution in [0.4, 0.5) is 0 Å². The maximum absolute atomic E-state index is 12.0. The molecule has 0 aliphatic heterocycles. The van der Waals surface area contributed by atoms with Crippen molar-refractivity contribution in [2.75, 3.05) is 0 Å². The van der Waals surface area contributed by atoms with Gasteiger partial charge in [-0.05, 0) is 13.8 Å². The molecule has 0 unspecified atom stereocenters. The minimum atomic E-state index is -3.79. The van der Waals surface area contributed by atoms with Crippen molar-refractivity contribution in [3.05, 3.63) is 29.1 Å². The standard InChI is InChI=1S/C10H14N4O4S/c1-6-7(2)18-9(13-6)4-12-19(16,17)10-8(5-15)3-11-14-10/h3,12,15H,4-5H2,1-2H3,(H,11,14). The second kappa shape index (κ2) is 5.11. The molecule has 2 rings (SSSR count). The zero-order chi connectivity index (χ0) is 14.0. The summed E-state index contributed by atoms with van der Waals surface area (Å²) in [5, 5.41) is 14.8. The molecule has 3 N–H and O–H groups in total. The Bertz CT molecular complexity index is 654. The third-order valence-corrected chi connectivity index (χ3v) is 4.02. The lowest BCUT2D eigenvalue weighted by molar-refractivity contribution is 0.278. The molecule has 0 saturated heterocycles. The van der Waals surface area contributed by atoms with Crippen LogP contribution >= 0.6 is 0 Å². The van der Waals surface area contributed by atoms with E-state index in [1.165, 1.54) is 6.20 Å². The van der Waals surface area contributed by atoms with Crippen molar-refractivity contribution < 1.29 is 17.9 Å². The zero-order valence-corrected chi connectivity index (χ0v) is 11.3. The summed E-state index contributed by atoms with van der Waals surface area (Å²) >= 11 is 0. The van der Waals surface area contributed by atoms with Crippen LogP contribution in [0.25, 0.3) is 0 Å². The number of oxazole rings is 1. The molecule has 0 spiro atoms. The van der Waals surface area contributed by atoms with Gasteiger partial charge in [0.25, 0.3) is 10.0 Å². The molecule has 9 heteroatoms. The minimum Gasteiger partial charge on any atom is -0.444 e. The van der Waals surface area contributed by atoms with E-state index < -0.39 is 16.6 Å². The van der Waals surface area contributed by atoms with Gasteiger partial charge in [-0.1, -0.05) is 0 Å². The van der Waals surface area contributed by atoms with Gasteiger partial charge in [0, 0.05) is 5.56 Å². The average molecular weight is 286 g/mol. The molecule has 0 saturated carbocycles. The number of aliphatic hydroxyl groups excluding tert-OH is 1. The lowest BCUT2D eigenvalue weighted by Gasteiger charge is -2.03. The number of sulfonamides is 1. The number of aliphatic hydroxyl groups is 1. The number of hydrogen-bond acceptors (Lipinski definition) is 6. The van der Waals surface area contributed by atoms with E-state index in [2.05, 4.69) is 19.9 Å². The van der Waals surface area contributed by atoms with Gasteiger partial charge < -0.3 is 9.52 Å². The van der Waals surface area contributed by atoms with E-state index in [0.717, 1.165) is 0 Å². The van der Waals surface area contributed by atoms with Crippen molar-refractivity contribution in [2.24, 2.45) is 0 Å². The van der Waals surface area contributed by atoms with E-state index in [4.69, 9.17) is 9.52 Å². The highest BCUT2D eigenvalue weighted by atomic mass is 32.2. The Hall–Kier alpha value is -1.71. The Labute approximate surface area is 109 Å². The lowest BCUT2D eigenvalue weighted by atomic mass is 10.4. The Morgan fingerprint density at radius 2 is 2.21 bits per heavy atom. The van der Waals surface area contributed by atoms with Gasteiger partial charge in [-0.3, -0.25) is 5.10 Å². The Morgan fingerprint density at radius 3 is 2.79 bits per heavy atom. The van der Waals surface area contributed by atoms with Crippen molar-refractivity contribution in [3.8, 4) is 0 Å². The van der Waals surface area contributed by atoms with Crippen LogP contribution in [0.1, 0.15) is 22.9 Å². The number of nitrogens with zero attached hydrogens (tertiary/aromatic N) is 2. The Balaban J connectivity index is 2.14. The summed E-state index contributed by atoms with van der Waals surface area (Å²) in [5.41, 5.74) is 0.916. The van der Waals surface area contributed by atoms with Crippen molar-refractivity contribution in [2.45, 2.75) is 32.0 Å². The quantitative estimate of drug-likeness (QED) is 0.710. The molecule has 2 heterocycles. The van der Waals surface area contributed by atoms with Gasteiger partial charge in [0.15, 0.2) is 5.03 Å². The molecule has 0 aliphatic carbocycles. The van der Waals surface area contributed by atoms with Crippen LogP contribution in [-0.2, 0) is 23.2 Å². The highest BCUT2D eigenvalue weighted by Gasteiger charge is 2.21. The lowest BCUT2D eigenvalue weighted by Crippen LogP contribution is -2.24. The molecule has 0 bridgehead atoms. The Morgan fingerprint density at radius 1 is 1.47 bits per heavy atom. The number of nitrogens with one attached hydrogen (secondary N) is 2. The second-order valence-corrected chi connectivity index (χ2v) is 5.66. The van der Waals surface area contributed by atoms with Crippen molar-refractivity contribution >= 4 is 10.0 Å². The first-order chi connectivity index (χ1) is 8.94. The summed E-state index contributed by atoms with van der Waals surface area (Å²) in [5.74, 6) is 0.926. The fourth-order valence-electron chi connectivity index (χ4n) is 1.49. The van der Waals surface area contributed by atoms with E-state index in [9.17, 15) is 8.42 Å². The third-order valence-electron chi connectivity index (χ3n) is 2.60. The van der Waals surface area contributed by atoms with Crippen LogP contribution in [0, 0.1) is 13.8 Å². The fraction of sp³-hybridized carbons (Fsp3) is 0.400. The van der Waals surface area contributed by atoms with E-state index in [0.29, 0.717) is 11.5 Å². The van der Waals surface area contributed by atoms with Crippen LogP contribution in [0.15, 0.2) is 15.6 Å². The maximum Gasteiger partial charge on any atom is 0.258 e. The SMILES string of the molecule is Cc1nc(CNS(=O)(=O)c2[nH]ncc2CO)oc1C. The molecule has 0 radical (unpaired) electrons. The molecule has 2 aromatic heterocycles. The number of aromatic nitrogens is 3. The van der Waals surface area contributed by atoms with Crippen molar-refractivity contribution in [1.82, 2.24) is 19.9 Å². The zero-order valence-electron chi connectivity index (χ0n) is 10.5. The second-order valence-electron chi connectivity index (χ2n) is 3.96. The summed E-state index contributed by atoms with van der Waals surface area (Å²) in [7, 11) is -3.79. The van der Waals surface area contributed by atoms with Crippen molar-refractivity contribution in [3.63, 3.8) is 0 Å². The van der Waals surface area contributed by atoms with Gasteiger partial charge in [0.2, 0.25) is 5.89 Å². The number of aromatic amines is 1. The number of rotatable bonds is 5. The van der Waals surface area contributed by atoms with Crippen LogP contribution in [0.2, 0.25) is 0 Å². The number of aryl methyl sites for hydroxylation is 2. The fourth-order valence-corrected chi connectivity index (χ4v) is 2.58. The van der Waals surface area contributed by atoms with Crippen LogP contribution in [-0.4, -0.2) is 28.7 Å².